The van der Waals surface area contributed by atoms with Gasteiger partial charge >= 0.3 is 6.18 Å². The van der Waals surface area contributed by atoms with Crippen LogP contribution < -0.4 is 4.72 Å². The van der Waals surface area contributed by atoms with Crippen LogP contribution in [0.15, 0.2) is 23.4 Å². The Kier molecular flexibility index (Phi) is 4.40. The van der Waals surface area contributed by atoms with E-state index in [4.69, 9.17) is 0 Å². The van der Waals surface area contributed by atoms with E-state index in [1.165, 1.54) is 17.2 Å². The van der Waals surface area contributed by atoms with E-state index in [2.05, 4.69) is 9.71 Å². The first-order valence-corrected chi connectivity index (χ1v) is 7.69. The first-order valence-electron chi connectivity index (χ1n) is 6.21. The maximum atomic E-state index is 12.2. The molecule has 2 heterocycles. The van der Waals surface area contributed by atoms with Crippen LogP contribution >= 0.6 is 0 Å². The molecular weight excluding hydrogens is 295 g/mol. The van der Waals surface area contributed by atoms with E-state index >= 15 is 0 Å². The zero-order valence-electron chi connectivity index (χ0n) is 10.7. The van der Waals surface area contributed by atoms with Crippen LogP contribution in [-0.4, -0.2) is 50.2 Å². The van der Waals surface area contributed by atoms with Crippen molar-refractivity contribution in [1.82, 2.24) is 14.6 Å². The molecule has 0 bridgehead atoms. The number of sulfonamides is 1. The van der Waals surface area contributed by atoms with Gasteiger partial charge in [-0.3, -0.25) is 4.90 Å². The fourth-order valence-corrected chi connectivity index (χ4v) is 3.51. The minimum absolute atomic E-state index is 0.0650. The molecular formula is C11H16F3N3O2S. The predicted molar refractivity (Wildman–Crippen MR) is 66.6 cm³/mol. The van der Waals surface area contributed by atoms with Crippen molar-refractivity contribution in [3.05, 3.63) is 18.3 Å². The summed E-state index contributed by atoms with van der Waals surface area (Å²) in [6.07, 6.45) is -1.97. The minimum Gasteiger partial charge on any atom is -0.351 e. The fraction of sp³-hybridized carbons (Fsp3) is 0.636. The Hall–Kier alpha value is -1.06. The van der Waals surface area contributed by atoms with Crippen molar-refractivity contribution in [2.75, 3.05) is 19.6 Å². The summed E-state index contributed by atoms with van der Waals surface area (Å²) in [5.74, 6) is 0. The first kappa shape index (κ1) is 15.3. The third kappa shape index (κ3) is 4.22. The summed E-state index contributed by atoms with van der Waals surface area (Å²) < 4.78 is 63.1. The largest absolute Gasteiger partial charge is 0.401 e. The Labute approximate surface area is 115 Å². The van der Waals surface area contributed by atoms with Gasteiger partial charge in [0.25, 0.3) is 10.0 Å². The Morgan fingerprint density at radius 2 is 2.00 bits per heavy atom. The number of piperidine rings is 1. The van der Waals surface area contributed by atoms with Crippen molar-refractivity contribution in [3.8, 4) is 0 Å². The van der Waals surface area contributed by atoms with Gasteiger partial charge < -0.3 is 4.98 Å². The highest BCUT2D eigenvalue weighted by Gasteiger charge is 2.33. The van der Waals surface area contributed by atoms with Crippen LogP contribution in [0.4, 0.5) is 13.2 Å². The molecule has 0 amide bonds. The molecule has 2 rings (SSSR count). The Balaban J connectivity index is 1.86. The van der Waals surface area contributed by atoms with Crippen LogP contribution in [-0.2, 0) is 10.0 Å². The van der Waals surface area contributed by atoms with Gasteiger partial charge in [0.1, 0.15) is 5.03 Å². The topological polar surface area (TPSA) is 65.2 Å². The average Bonchev–Trinajstić information content (AvgIpc) is 2.84. The third-order valence-corrected chi connectivity index (χ3v) is 4.65. The van der Waals surface area contributed by atoms with Crippen molar-refractivity contribution in [3.63, 3.8) is 0 Å². The Morgan fingerprint density at radius 1 is 1.35 bits per heavy atom. The number of nitrogens with zero attached hydrogens (tertiary/aromatic N) is 1. The SMILES string of the molecule is O=S(=O)(NC1CCN(CC(F)(F)F)CC1)c1ccc[nH]1. The number of hydrogen-bond acceptors (Lipinski definition) is 3. The van der Waals surface area contributed by atoms with E-state index in [0.29, 0.717) is 12.8 Å². The molecule has 1 saturated heterocycles. The highest BCUT2D eigenvalue weighted by atomic mass is 32.2. The van der Waals surface area contributed by atoms with E-state index < -0.39 is 22.7 Å². The summed E-state index contributed by atoms with van der Waals surface area (Å²) in [6.45, 7) is -0.474. The summed E-state index contributed by atoms with van der Waals surface area (Å²) in [5, 5.41) is 0.0650. The lowest BCUT2D eigenvalue weighted by Crippen LogP contribution is -2.47. The number of aromatic amines is 1. The number of halogens is 3. The molecule has 0 saturated carbocycles. The fourth-order valence-electron chi connectivity index (χ4n) is 2.23. The van der Waals surface area contributed by atoms with Crippen LogP contribution in [0.2, 0.25) is 0 Å². The smallest absolute Gasteiger partial charge is 0.351 e. The lowest BCUT2D eigenvalue weighted by atomic mass is 10.1. The van der Waals surface area contributed by atoms with E-state index in [-0.39, 0.29) is 24.2 Å². The number of alkyl halides is 3. The number of hydrogen-bond donors (Lipinski definition) is 2. The van der Waals surface area contributed by atoms with Gasteiger partial charge in [0, 0.05) is 12.2 Å². The van der Waals surface area contributed by atoms with E-state index in [9.17, 15) is 21.6 Å². The van der Waals surface area contributed by atoms with Crippen molar-refractivity contribution in [1.29, 1.82) is 0 Å². The predicted octanol–water partition coefficient (Wildman–Crippen LogP) is 1.32. The zero-order valence-corrected chi connectivity index (χ0v) is 11.5. The maximum absolute atomic E-state index is 12.2. The second kappa shape index (κ2) is 5.74. The number of aromatic nitrogens is 1. The van der Waals surface area contributed by atoms with Crippen LogP contribution in [0.5, 0.6) is 0 Å². The normalized spacial score (nSPS) is 19.4. The molecule has 0 spiro atoms. The van der Waals surface area contributed by atoms with Crippen LogP contribution in [0, 0.1) is 0 Å². The van der Waals surface area contributed by atoms with Gasteiger partial charge in [-0.2, -0.15) is 13.2 Å². The summed E-state index contributed by atoms with van der Waals surface area (Å²) in [4.78, 5) is 3.89. The van der Waals surface area contributed by atoms with Crippen LogP contribution in [0.25, 0.3) is 0 Å². The highest BCUT2D eigenvalue weighted by Crippen LogP contribution is 2.20. The van der Waals surface area contributed by atoms with Crippen LogP contribution in [0.1, 0.15) is 12.8 Å². The molecule has 0 aliphatic carbocycles. The molecule has 2 N–H and O–H groups in total. The standard InChI is InChI=1S/C11H16F3N3O2S/c12-11(13,14)8-17-6-3-9(4-7-17)16-20(18,19)10-2-1-5-15-10/h1-2,5,9,15-16H,3-4,6-8H2. The van der Waals surface area contributed by atoms with Crippen molar-refractivity contribution >= 4 is 10.0 Å². The number of rotatable bonds is 4. The van der Waals surface area contributed by atoms with Gasteiger partial charge in [-0.25, -0.2) is 13.1 Å². The summed E-state index contributed by atoms with van der Waals surface area (Å²) in [7, 11) is -3.62. The Bertz CT molecular complexity index is 520. The zero-order chi connectivity index (χ0) is 14.8. The Morgan fingerprint density at radius 3 is 2.50 bits per heavy atom. The highest BCUT2D eigenvalue weighted by molar-refractivity contribution is 7.89. The molecule has 114 valence electrons. The minimum atomic E-state index is -4.21. The van der Waals surface area contributed by atoms with E-state index in [0.717, 1.165) is 0 Å². The average molecular weight is 311 g/mol. The van der Waals surface area contributed by atoms with Gasteiger partial charge in [0.2, 0.25) is 0 Å². The molecule has 1 aromatic rings. The molecule has 1 aromatic heterocycles. The number of nitrogens with one attached hydrogen (secondary N) is 2. The summed E-state index contributed by atoms with van der Waals surface area (Å²) in [6, 6.07) is 2.68. The van der Waals surface area contributed by atoms with E-state index in [1.54, 1.807) is 6.07 Å². The number of likely N-dealkylation sites (tertiary alicyclic amines) is 1. The second-order valence-electron chi connectivity index (χ2n) is 4.82. The maximum Gasteiger partial charge on any atom is 0.401 e. The summed E-state index contributed by atoms with van der Waals surface area (Å²) >= 11 is 0. The molecule has 0 atom stereocenters. The van der Waals surface area contributed by atoms with Gasteiger partial charge in [-0.15, -0.1) is 0 Å². The molecule has 9 heteroatoms. The van der Waals surface area contributed by atoms with Gasteiger partial charge in [0.15, 0.2) is 0 Å². The lowest BCUT2D eigenvalue weighted by molar-refractivity contribution is -0.148. The molecule has 1 fully saturated rings. The molecule has 5 nitrogen and oxygen atoms in total. The van der Waals surface area contributed by atoms with Crippen molar-refractivity contribution in [2.24, 2.45) is 0 Å². The quantitative estimate of drug-likeness (QED) is 0.881. The molecule has 0 unspecified atom stereocenters. The van der Waals surface area contributed by atoms with Crippen LogP contribution in [0.3, 0.4) is 0 Å². The first-order chi connectivity index (χ1) is 9.26. The molecule has 0 aromatic carbocycles. The van der Waals surface area contributed by atoms with Crippen molar-refractivity contribution in [2.45, 2.75) is 30.1 Å². The monoisotopic (exact) mass is 311 g/mol. The number of H-pyrrole nitrogens is 1. The molecule has 1 aliphatic heterocycles. The van der Waals surface area contributed by atoms with Gasteiger partial charge in [0.05, 0.1) is 6.54 Å². The lowest BCUT2D eigenvalue weighted by Gasteiger charge is -2.32. The third-order valence-electron chi connectivity index (χ3n) is 3.17. The van der Waals surface area contributed by atoms with Gasteiger partial charge in [-0.1, -0.05) is 0 Å². The molecule has 0 radical (unpaired) electrons. The van der Waals surface area contributed by atoms with Gasteiger partial charge in [-0.05, 0) is 38.1 Å². The molecule has 20 heavy (non-hydrogen) atoms. The van der Waals surface area contributed by atoms with Crippen molar-refractivity contribution < 1.29 is 21.6 Å². The summed E-state index contributed by atoms with van der Waals surface area (Å²) in [5.41, 5.74) is 0. The molecule has 1 aliphatic rings. The second-order valence-corrected chi connectivity index (χ2v) is 6.50. The van der Waals surface area contributed by atoms with E-state index in [1.807, 2.05) is 0 Å².